The molecule has 0 unspecified atom stereocenters. The fourth-order valence-electron chi connectivity index (χ4n) is 3.71. The minimum Gasteiger partial charge on any atom is -0.459 e. The Labute approximate surface area is 207 Å². The van der Waals surface area contributed by atoms with Crippen molar-refractivity contribution in [2.24, 2.45) is 0 Å². The quantitative estimate of drug-likeness (QED) is 0.296. The van der Waals surface area contributed by atoms with E-state index in [0.29, 0.717) is 0 Å². The highest BCUT2D eigenvalue weighted by Crippen LogP contribution is 2.31. The summed E-state index contributed by atoms with van der Waals surface area (Å²) in [7, 11) is 0. The first kappa shape index (κ1) is 24.8. The molecule has 0 heterocycles. The van der Waals surface area contributed by atoms with E-state index in [1.165, 1.54) is 36.4 Å². The number of benzene rings is 3. The van der Waals surface area contributed by atoms with Gasteiger partial charge in [-0.2, -0.15) is 0 Å². The van der Waals surface area contributed by atoms with Gasteiger partial charge in [0.1, 0.15) is 18.8 Å². The maximum atomic E-state index is 12.7. The number of hydrogen-bond acceptors (Lipinski definition) is 8. The third-order valence-corrected chi connectivity index (χ3v) is 5.73. The molecular weight excluding hydrogens is 464 g/mol. The van der Waals surface area contributed by atoms with Gasteiger partial charge in [0, 0.05) is 0 Å². The molecule has 0 amide bonds. The summed E-state index contributed by atoms with van der Waals surface area (Å²) in [6, 6.07) is 24.3. The largest absolute Gasteiger partial charge is 0.459 e. The summed E-state index contributed by atoms with van der Waals surface area (Å²) >= 11 is 0. The van der Waals surface area contributed by atoms with Crippen LogP contribution >= 0.6 is 0 Å². The summed E-state index contributed by atoms with van der Waals surface area (Å²) in [5.74, 6) is -2.24. The van der Waals surface area contributed by atoms with Crippen molar-refractivity contribution < 1.29 is 38.8 Å². The van der Waals surface area contributed by atoms with E-state index in [-0.39, 0.29) is 16.7 Å². The maximum Gasteiger partial charge on any atom is 0.338 e. The molecule has 4 atom stereocenters. The van der Waals surface area contributed by atoms with Gasteiger partial charge in [0.15, 0.2) is 11.7 Å². The Balaban J connectivity index is 1.56. The van der Waals surface area contributed by atoms with Crippen LogP contribution in [0.25, 0.3) is 0 Å². The molecule has 0 bridgehead atoms. The Hall–Kier alpha value is -4.27. The van der Waals surface area contributed by atoms with Gasteiger partial charge in [-0.05, 0) is 48.6 Å². The number of esters is 3. The monoisotopic (exact) mass is 488 g/mol. The van der Waals surface area contributed by atoms with E-state index < -0.39 is 48.4 Å². The number of carbonyl (C=O) groups is 3. The van der Waals surface area contributed by atoms with Crippen LogP contribution in [0.5, 0.6) is 0 Å². The molecule has 8 heteroatoms. The average Bonchev–Trinajstić information content (AvgIpc) is 2.93. The molecule has 4 rings (SSSR count). The van der Waals surface area contributed by atoms with Gasteiger partial charge in [-0.1, -0.05) is 54.6 Å². The van der Waals surface area contributed by atoms with E-state index in [1.807, 2.05) is 0 Å². The standard InChI is InChI=1S/C28H24O8/c29-24-22(35-26(31)20-12-6-2-7-13-20)16-17-23(36-27(32)21-14-8-3-9-15-21)28(24,33)18-34-25(30)19-10-4-1-5-11-19/h1-17,22-24,29,33H,18H2/t22-,23+,24+,28-/m0/s1. The number of aliphatic hydroxyl groups excluding tert-OH is 1. The first-order chi connectivity index (χ1) is 17.4. The highest BCUT2D eigenvalue weighted by atomic mass is 16.6. The van der Waals surface area contributed by atoms with Crippen LogP contribution in [0.4, 0.5) is 0 Å². The molecule has 0 fully saturated rings. The molecule has 0 aromatic heterocycles. The van der Waals surface area contributed by atoms with Gasteiger partial charge in [-0.15, -0.1) is 0 Å². The predicted molar refractivity (Wildman–Crippen MR) is 128 cm³/mol. The van der Waals surface area contributed by atoms with Crippen molar-refractivity contribution in [1.82, 2.24) is 0 Å². The van der Waals surface area contributed by atoms with Crippen molar-refractivity contribution in [3.8, 4) is 0 Å². The fraction of sp³-hybridized carbons (Fsp3) is 0.179. The first-order valence-corrected chi connectivity index (χ1v) is 11.2. The Morgan fingerprint density at radius 3 is 1.61 bits per heavy atom. The van der Waals surface area contributed by atoms with E-state index in [9.17, 15) is 24.6 Å². The van der Waals surface area contributed by atoms with Gasteiger partial charge in [-0.3, -0.25) is 0 Å². The molecule has 36 heavy (non-hydrogen) atoms. The van der Waals surface area contributed by atoms with Gasteiger partial charge in [-0.25, -0.2) is 14.4 Å². The Morgan fingerprint density at radius 2 is 1.11 bits per heavy atom. The molecule has 1 aliphatic carbocycles. The molecule has 0 radical (unpaired) electrons. The van der Waals surface area contributed by atoms with Crippen LogP contribution < -0.4 is 0 Å². The summed E-state index contributed by atoms with van der Waals surface area (Å²) in [6.07, 6.45) is -1.87. The SMILES string of the molecule is O=C(OC[C@@]1(O)[C@H](O)[C@@H](OC(=O)c2ccccc2)C=C[C@H]1OC(=O)c1ccccc1)c1ccccc1. The Morgan fingerprint density at radius 1 is 0.667 bits per heavy atom. The zero-order valence-electron chi connectivity index (χ0n) is 19.1. The lowest BCUT2D eigenvalue weighted by Gasteiger charge is -2.42. The summed E-state index contributed by atoms with van der Waals surface area (Å²) < 4.78 is 16.2. The van der Waals surface area contributed by atoms with Gasteiger partial charge in [0.2, 0.25) is 0 Å². The highest BCUT2D eigenvalue weighted by Gasteiger charge is 2.52. The van der Waals surface area contributed by atoms with Crippen LogP contribution in [-0.4, -0.2) is 58.6 Å². The number of hydrogen-bond donors (Lipinski definition) is 2. The number of aliphatic hydroxyl groups is 2. The number of ether oxygens (including phenoxy) is 3. The molecule has 3 aromatic carbocycles. The van der Waals surface area contributed by atoms with Crippen LogP contribution in [0.15, 0.2) is 103 Å². The van der Waals surface area contributed by atoms with Gasteiger partial charge in [0.25, 0.3) is 0 Å². The third kappa shape index (κ3) is 5.51. The van der Waals surface area contributed by atoms with Crippen molar-refractivity contribution in [1.29, 1.82) is 0 Å². The van der Waals surface area contributed by atoms with Gasteiger partial charge in [0.05, 0.1) is 16.7 Å². The zero-order valence-corrected chi connectivity index (χ0v) is 19.1. The lowest BCUT2D eigenvalue weighted by molar-refractivity contribution is -0.184. The van der Waals surface area contributed by atoms with Crippen molar-refractivity contribution in [3.05, 3.63) is 120 Å². The van der Waals surface area contributed by atoms with E-state index in [0.717, 1.165) is 0 Å². The average molecular weight is 488 g/mol. The molecular formula is C28H24O8. The highest BCUT2D eigenvalue weighted by molar-refractivity contribution is 5.90. The molecule has 0 spiro atoms. The molecule has 3 aromatic rings. The van der Waals surface area contributed by atoms with Crippen LogP contribution in [0, 0.1) is 0 Å². The molecule has 8 nitrogen and oxygen atoms in total. The Bertz CT molecular complexity index is 1230. The summed E-state index contributed by atoms with van der Waals surface area (Å²) in [4.78, 5) is 37.7. The topological polar surface area (TPSA) is 119 Å². The molecule has 0 aliphatic heterocycles. The molecule has 184 valence electrons. The Kier molecular flexibility index (Phi) is 7.58. The molecule has 0 saturated carbocycles. The third-order valence-electron chi connectivity index (χ3n) is 5.73. The van der Waals surface area contributed by atoms with E-state index in [2.05, 4.69) is 0 Å². The molecule has 2 N–H and O–H groups in total. The normalized spacial score (nSPS) is 22.9. The van der Waals surface area contributed by atoms with Crippen molar-refractivity contribution >= 4 is 17.9 Å². The predicted octanol–water partition coefficient (Wildman–Crippen LogP) is 2.96. The maximum absolute atomic E-state index is 12.7. The van der Waals surface area contributed by atoms with E-state index in [1.54, 1.807) is 66.7 Å². The van der Waals surface area contributed by atoms with Crippen LogP contribution in [0.1, 0.15) is 31.1 Å². The smallest absolute Gasteiger partial charge is 0.338 e. The summed E-state index contributed by atoms with van der Waals surface area (Å²) in [6.45, 7) is -0.738. The second-order valence-electron chi connectivity index (χ2n) is 8.19. The first-order valence-electron chi connectivity index (χ1n) is 11.2. The van der Waals surface area contributed by atoms with Crippen molar-refractivity contribution in [2.45, 2.75) is 23.9 Å². The fourth-order valence-corrected chi connectivity index (χ4v) is 3.71. The summed E-state index contributed by atoms with van der Waals surface area (Å²) in [5, 5.41) is 22.6. The van der Waals surface area contributed by atoms with Gasteiger partial charge >= 0.3 is 17.9 Å². The van der Waals surface area contributed by atoms with E-state index in [4.69, 9.17) is 14.2 Å². The van der Waals surface area contributed by atoms with Crippen LogP contribution in [0.2, 0.25) is 0 Å². The minimum absolute atomic E-state index is 0.224. The molecule has 0 saturated heterocycles. The number of rotatable bonds is 7. The van der Waals surface area contributed by atoms with Gasteiger partial charge < -0.3 is 24.4 Å². The molecule has 1 aliphatic rings. The van der Waals surface area contributed by atoms with Crippen LogP contribution in [0.3, 0.4) is 0 Å². The lowest BCUT2D eigenvalue weighted by Crippen LogP contribution is -2.62. The number of carbonyl (C=O) groups excluding carboxylic acids is 3. The minimum atomic E-state index is -2.31. The van der Waals surface area contributed by atoms with Crippen molar-refractivity contribution in [3.63, 3.8) is 0 Å². The lowest BCUT2D eigenvalue weighted by atomic mass is 9.82. The second kappa shape index (κ2) is 11.0. The van der Waals surface area contributed by atoms with E-state index >= 15 is 0 Å². The zero-order chi connectivity index (χ0) is 25.5. The van der Waals surface area contributed by atoms with Crippen molar-refractivity contribution in [2.75, 3.05) is 6.61 Å². The second-order valence-corrected chi connectivity index (χ2v) is 8.19. The summed E-state index contributed by atoms with van der Waals surface area (Å²) in [5.41, 5.74) is -1.62. The van der Waals surface area contributed by atoms with Crippen LogP contribution in [-0.2, 0) is 14.2 Å².